The van der Waals surface area contributed by atoms with Crippen molar-refractivity contribution >= 4 is 5.91 Å². The Morgan fingerprint density at radius 3 is 2.95 bits per heavy atom. The first-order valence-electron chi connectivity index (χ1n) is 6.90. The Hall–Kier alpha value is -1.81. The molecule has 1 aliphatic rings. The number of likely N-dealkylation sites (tertiary alicyclic amines) is 1. The number of carbonyl (C=O) groups is 1. The molecule has 0 spiro atoms. The van der Waals surface area contributed by atoms with Gasteiger partial charge in [0, 0.05) is 18.7 Å². The van der Waals surface area contributed by atoms with Gasteiger partial charge in [0.2, 0.25) is 0 Å². The van der Waals surface area contributed by atoms with Crippen molar-refractivity contribution in [2.24, 2.45) is 0 Å². The maximum Gasteiger partial charge on any atom is 0.254 e. The third-order valence-electron chi connectivity index (χ3n) is 3.27. The van der Waals surface area contributed by atoms with E-state index in [1.165, 1.54) is 5.57 Å². The molecule has 1 aliphatic heterocycles. The summed E-state index contributed by atoms with van der Waals surface area (Å²) in [6.07, 6.45) is 2.25. The third kappa shape index (κ3) is 3.84. The second-order valence-corrected chi connectivity index (χ2v) is 5.31. The highest BCUT2D eigenvalue weighted by atomic mass is 16.5. The molecule has 0 aromatic heterocycles. The predicted octanol–water partition coefficient (Wildman–Crippen LogP) is 2.24. The molecular formula is C16H21NO3. The van der Waals surface area contributed by atoms with E-state index in [-0.39, 0.29) is 5.91 Å². The summed E-state index contributed by atoms with van der Waals surface area (Å²) in [7, 11) is 0. The first kappa shape index (κ1) is 14.6. The van der Waals surface area contributed by atoms with E-state index in [0.29, 0.717) is 37.4 Å². The second kappa shape index (κ2) is 6.57. The summed E-state index contributed by atoms with van der Waals surface area (Å²) in [5, 5.41) is 9.49. The topological polar surface area (TPSA) is 49.8 Å². The fourth-order valence-electron chi connectivity index (χ4n) is 2.13. The number of aliphatic hydroxyl groups excluding tert-OH is 1. The van der Waals surface area contributed by atoms with Crippen molar-refractivity contribution in [3.05, 3.63) is 41.5 Å². The average molecular weight is 275 g/mol. The van der Waals surface area contributed by atoms with Crippen molar-refractivity contribution in [2.45, 2.75) is 26.4 Å². The van der Waals surface area contributed by atoms with Gasteiger partial charge in [-0.15, -0.1) is 0 Å². The maximum atomic E-state index is 12.3. The molecule has 1 aromatic carbocycles. The van der Waals surface area contributed by atoms with Crippen LogP contribution in [0, 0.1) is 0 Å². The lowest BCUT2D eigenvalue weighted by Crippen LogP contribution is -2.29. The monoisotopic (exact) mass is 275 g/mol. The number of carbonyl (C=O) groups excluding carboxylic acids is 1. The van der Waals surface area contributed by atoms with Crippen molar-refractivity contribution in [1.82, 2.24) is 4.90 Å². The Balaban J connectivity index is 2.01. The van der Waals surface area contributed by atoms with Gasteiger partial charge < -0.3 is 14.7 Å². The van der Waals surface area contributed by atoms with Gasteiger partial charge in [-0.3, -0.25) is 4.79 Å². The smallest absolute Gasteiger partial charge is 0.254 e. The minimum Gasteiger partial charge on any atom is -0.490 e. The summed E-state index contributed by atoms with van der Waals surface area (Å²) in [6, 6.07) is 7.19. The highest BCUT2D eigenvalue weighted by Gasteiger charge is 2.25. The summed E-state index contributed by atoms with van der Waals surface area (Å²) in [6.45, 7) is 5.57. The van der Waals surface area contributed by atoms with Crippen LogP contribution < -0.4 is 4.74 Å². The molecule has 0 bridgehead atoms. The number of aliphatic hydroxyl groups is 1. The van der Waals surface area contributed by atoms with E-state index in [9.17, 15) is 9.90 Å². The van der Waals surface area contributed by atoms with E-state index in [0.717, 1.165) is 0 Å². The van der Waals surface area contributed by atoms with Crippen LogP contribution in [0.1, 0.15) is 30.6 Å². The van der Waals surface area contributed by atoms with Crippen molar-refractivity contribution in [3.63, 3.8) is 0 Å². The minimum atomic E-state index is -0.393. The second-order valence-electron chi connectivity index (χ2n) is 5.31. The van der Waals surface area contributed by atoms with Crippen LogP contribution in [0.15, 0.2) is 35.9 Å². The third-order valence-corrected chi connectivity index (χ3v) is 3.27. The van der Waals surface area contributed by atoms with Crippen LogP contribution in [-0.2, 0) is 0 Å². The number of allylic oxidation sites excluding steroid dienone is 1. The largest absolute Gasteiger partial charge is 0.490 e. The van der Waals surface area contributed by atoms with Gasteiger partial charge in [-0.25, -0.2) is 0 Å². The van der Waals surface area contributed by atoms with Crippen molar-refractivity contribution in [1.29, 1.82) is 0 Å². The Morgan fingerprint density at radius 2 is 2.30 bits per heavy atom. The van der Waals surface area contributed by atoms with Crippen molar-refractivity contribution in [3.8, 4) is 5.75 Å². The number of nitrogens with zero attached hydrogens (tertiary/aromatic N) is 1. The lowest BCUT2D eigenvalue weighted by Gasteiger charge is -2.16. The summed E-state index contributed by atoms with van der Waals surface area (Å²) in [5.41, 5.74) is 1.80. The number of β-amino-alcohol motifs (C(OH)–C–C–N with tert-alkyl or cyclic N) is 1. The van der Waals surface area contributed by atoms with Gasteiger partial charge in [0.15, 0.2) is 0 Å². The molecule has 1 amide bonds. The molecule has 0 unspecified atom stereocenters. The number of benzene rings is 1. The number of ether oxygens (including phenoxy) is 1. The van der Waals surface area contributed by atoms with Crippen LogP contribution in [0.2, 0.25) is 0 Å². The highest BCUT2D eigenvalue weighted by molar-refractivity contribution is 5.94. The Bertz CT molecular complexity index is 506. The lowest BCUT2D eigenvalue weighted by atomic mass is 10.2. The average Bonchev–Trinajstić information content (AvgIpc) is 2.84. The van der Waals surface area contributed by atoms with E-state index in [4.69, 9.17) is 4.74 Å². The van der Waals surface area contributed by atoms with Gasteiger partial charge in [-0.2, -0.15) is 0 Å². The lowest BCUT2D eigenvalue weighted by molar-refractivity contribution is 0.0764. The number of rotatable bonds is 4. The number of hydrogen-bond donors (Lipinski definition) is 1. The van der Waals surface area contributed by atoms with Gasteiger partial charge in [-0.05, 0) is 44.5 Å². The number of hydrogen-bond acceptors (Lipinski definition) is 3. The van der Waals surface area contributed by atoms with Crippen LogP contribution in [0.25, 0.3) is 0 Å². The Kier molecular flexibility index (Phi) is 4.79. The van der Waals surface area contributed by atoms with E-state index >= 15 is 0 Å². The fourth-order valence-corrected chi connectivity index (χ4v) is 2.13. The molecule has 20 heavy (non-hydrogen) atoms. The van der Waals surface area contributed by atoms with Gasteiger partial charge in [0.25, 0.3) is 5.91 Å². The molecule has 0 aliphatic carbocycles. The zero-order valence-corrected chi connectivity index (χ0v) is 12.0. The molecule has 1 fully saturated rings. The highest BCUT2D eigenvalue weighted by Crippen LogP contribution is 2.18. The van der Waals surface area contributed by atoms with Crippen LogP contribution in [0.3, 0.4) is 0 Å². The fraction of sp³-hybridized carbons (Fsp3) is 0.438. The molecule has 108 valence electrons. The van der Waals surface area contributed by atoms with Crippen LogP contribution in [0.5, 0.6) is 5.75 Å². The normalized spacial score (nSPS) is 17.9. The minimum absolute atomic E-state index is 0.0470. The van der Waals surface area contributed by atoms with Gasteiger partial charge in [0.05, 0.1) is 6.10 Å². The molecule has 0 radical (unpaired) electrons. The molecule has 1 heterocycles. The molecule has 4 heteroatoms. The molecule has 1 saturated heterocycles. The maximum absolute atomic E-state index is 12.3. The van der Waals surface area contributed by atoms with E-state index in [1.54, 1.807) is 17.0 Å². The van der Waals surface area contributed by atoms with Crippen LogP contribution in [0.4, 0.5) is 0 Å². The molecule has 0 saturated carbocycles. The molecule has 4 nitrogen and oxygen atoms in total. The predicted molar refractivity (Wildman–Crippen MR) is 77.9 cm³/mol. The van der Waals surface area contributed by atoms with Gasteiger partial charge in [-0.1, -0.05) is 11.6 Å². The standard InChI is InChI=1S/C16H21NO3/c1-12(2)7-9-20-15-5-3-4-13(10-15)16(19)17-8-6-14(18)11-17/h3-5,7,10,14,18H,6,8-9,11H2,1-2H3/t14-/m1/s1. The molecule has 1 atom stereocenters. The van der Waals surface area contributed by atoms with Crippen molar-refractivity contribution in [2.75, 3.05) is 19.7 Å². The SMILES string of the molecule is CC(C)=CCOc1cccc(C(=O)N2CC[C@@H](O)C2)c1. The van der Waals surface area contributed by atoms with E-state index < -0.39 is 6.10 Å². The van der Waals surface area contributed by atoms with Gasteiger partial charge >= 0.3 is 0 Å². The Morgan fingerprint density at radius 1 is 1.50 bits per heavy atom. The zero-order chi connectivity index (χ0) is 14.5. The van der Waals surface area contributed by atoms with Crippen molar-refractivity contribution < 1.29 is 14.6 Å². The molecule has 1 aromatic rings. The first-order chi connectivity index (χ1) is 9.56. The molecular weight excluding hydrogens is 254 g/mol. The van der Waals surface area contributed by atoms with Crippen LogP contribution in [-0.4, -0.2) is 41.7 Å². The molecule has 2 rings (SSSR count). The molecule has 1 N–H and O–H groups in total. The summed E-state index contributed by atoms with van der Waals surface area (Å²) in [4.78, 5) is 14.0. The van der Waals surface area contributed by atoms with E-state index in [2.05, 4.69) is 0 Å². The van der Waals surface area contributed by atoms with Crippen LogP contribution >= 0.6 is 0 Å². The summed E-state index contributed by atoms with van der Waals surface area (Å²) < 4.78 is 5.59. The first-order valence-corrected chi connectivity index (χ1v) is 6.90. The number of amides is 1. The van der Waals surface area contributed by atoms with Gasteiger partial charge in [0.1, 0.15) is 12.4 Å². The summed E-state index contributed by atoms with van der Waals surface area (Å²) >= 11 is 0. The zero-order valence-electron chi connectivity index (χ0n) is 12.0. The van der Waals surface area contributed by atoms with E-state index in [1.807, 2.05) is 32.1 Å². The Labute approximate surface area is 119 Å². The summed E-state index contributed by atoms with van der Waals surface area (Å²) in [5.74, 6) is 0.641. The quantitative estimate of drug-likeness (QED) is 0.857.